The average molecular weight is 349 g/mol. The summed E-state index contributed by atoms with van der Waals surface area (Å²) < 4.78 is 5.19. The topological polar surface area (TPSA) is 93.8 Å². The number of nitrogens with zero attached hydrogens (tertiary/aromatic N) is 2. The number of nitro groups is 1. The van der Waals surface area contributed by atoms with E-state index >= 15 is 0 Å². The van der Waals surface area contributed by atoms with E-state index in [1.54, 1.807) is 6.07 Å². The summed E-state index contributed by atoms with van der Waals surface area (Å²) in [5.41, 5.74) is 2.98. The Hall–Kier alpha value is -3.74. The summed E-state index contributed by atoms with van der Waals surface area (Å²) in [7, 11) is 0. The maximum atomic E-state index is 11.8. The van der Waals surface area contributed by atoms with Crippen LogP contribution in [0.1, 0.15) is 5.56 Å². The second-order valence-corrected chi connectivity index (χ2v) is 5.41. The van der Waals surface area contributed by atoms with Crippen LogP contribution in [-0.2, 0) is 4.79 Å². The number of benzene rings is 3. The van der Waals surface area contributed by atoms with E-state index in [2.05, 4.69) is 10.5 Å². The summed E-state index contributed by atoms with van der Waals surface area (Å²) in [4.78, 5) is 22.1. The number of carbonyl (C=O) groups is 1. The highest BCUT2D eigenvalue weighted by Crippen LogP contribution is 2.25. The van der Waals surface area contributed by atoms with E-state index in [-0.39, 0.29) is 18.0 Å². The molecule has 0 bridgehead atoms. The van der Waals surface area contributed by atoms with Crippen LogP contribution < -0.4 is 10.2 Å². The lowest BCUT2D eigenvalue weighted by molar-refractivity contribution is -0.385. The van der Waals surface area contributed by atoms with Gasteiger partial charge in [0.05, 0.1) is 11.1 Å². The molecule has 0 aliphatic heterocycles. The van der Waals surface area contributed by atoms with Crippen LogP contribution in [-0.4, -0.2) is 23.7 Å². The normalized spacial score (nSPS) is 10.8. The first kappa shape index (κ1) is 17.1. The molecule has 1 amide bonds. The lowest BCUT2D eigenvalue weighted by Crippen LogP contribution is -2.24. The fraction of sp³-hybridized carbons (Fsp3) is 0.0526. The van der Waals surface area contributed by atoms with Crippen molar-refractivity contribution in [3.05, 3.63) is 82.4 Å². The van der Waals surface area contributed by atoms with Gasteiger partial charge < -0.3 is 4.74 Å². The highest BCUT2D eigenvalue weighted by Gasteiger charge is 2.14. The molecule has 0 fully saturated rings. The first-order valence-electron chi connectivity index (χ1n) is 7.80. The fourth-order valence-electron chi connectivity index (χ4n) is 2.37. The number of amides is 1. The third-order valence-electron chi connectivity index (χ3n) is 3.60. The van der Waals surface area contributed by atoms with Gasteiger partial charge in [-0.25, -0.2) is 5.43 Å². The Labute approximate surface area is 149 Å². The van der Waals surface area contributed by atoms with Crippen LogP contribution in [0.15, 0.2) is 71.8 Å². The van der Waals surface area contributed by atoms with Gasteiger partial charge in [0.1, 0.15) is 0 Å². The zero-order valence-electron chi connectivity index (χ0n) is 13.7. The summed E-state index contributed by atoms with van der Waals surface area (Å²) in [6.45, 7) is -0.375. The van der Waals surface area contributed by atoms with Gasteiger partial charge in [0.2, 0.25) is 0 Å². The molecule has 0 heterocycles. The van der Waals surface area contributed by atoms with Crippen molar-refractivity contribution in [3.8, 4) is 5.75 Å². The van der Waals surface area contributed by atoms with E-state index < -0.39 is 10.8 Å². The Morgan fingerprint density at radius 2 is 1.81 bits per heavy atom. The summed E-state index contributed by atoms with van der Waals surface area (Å²) in [5.74, 6) is -0.480. The Balaban J connectivity index is 1.56. The lowest BCUT2D eigenvalue weighted by Gasteiger charge is -2.05. The molecule has 3 aromatic rings. The molecule has 0 saturated heterocycles. The molecule has 7 heteroatoms. The number of hydrazone groups is 1. The number of hydrogen-bond donors (Lipinski definition) is 1. The summed E-state index contributed by atoms with van der Waals surface area (Å²) in [6.07, 6.45) is 1.52. The number of carbonyl (C=O) groups excluding carboxylic acids is 1. The quantitative estimate of drug-likeness (QED) is 0.420. The molecule has 0 aromatic heterocycles. The molecule has 0 aliphatic carbocycles. The van der Waals surface area contributed by atoms with Crippen molar-refractivity contribution in [1.29, 1.82) is 0 Å². The maximum absolute atomic E-state index is 11.8. The molecule has 130 valence electrons. The van der Waals surface area contributed by atoms with Crippen molar-refractivity contribution in [2.24, 2.45) is 5.10 Å². The van der Waals surface area contributed by atoms with E-state index in [4.69, 9.17) is 4.74 Å². The zero-order chi connectivity index (χ0) is 18.4. The van der Waals surface area contributed by atoms with Crippen LogP contribution in [0.3, 0.4) is 0 Å². The van der Waals surface area contributed by atoms with Crippen LogP contribution in [0.5, 0.6) is 5.75 Å². The number of fused-ring (bicyclic) bond motifs is 1. The number of rotatable bonds is 6. The minimum atomic E-state index is -0.564. The van der Waals surface area contributed by atoms with Gasteiger partial charge in [0, 0.05) is 6.07 Å². The number of nitrogens with one attached hydrogen (secondary N) is 1. The summed E-state index contributed by atoms with van der Waals surface area (Å²) in [6, 6.07) is 19.6. The number of nitro benzene ring substituents is 1. The average Bonchev–Trinajstić information content (AvgIpc) is 2.66. The van der Waals surface area contributed by atoms with Crippen molar-refractivity contribution in [2.75, 3.05) is 6.61 Å². The molecule has 0 atom stereocenters. The zero-order valence-corrected chi connectivity index (χ0v) is 13.7. The van der Waals surface area contributed by atoms with Gasteiger partial charge in [-0.2, -0.15) is 5.10 Å². The van der Waals surface area contributed by atoms with Gasteiger partial charge in [-0.05, 0) is 28.5 Å². The standard InChI is InChI=1S/C19H15N3O4/c23-19(13-26-18-8-4-3-7-17(18)22(24)25)21-20-12-14-9-10-15-5-1-2-6-16(15)11-14/h1-12H,13H2,(H,21,23)/b20-12-. The van der Waals surface area contributed by atoms with Crippen molar-refractivity contribution in [2.45, 2.75) is 0 Å². The number of ether oxygens (including phenoxy) is 1. The third kappa shape index (κ3) is 4.21. The number of hydrogen-bond acceptors (Lipinski definition) is 5. The van der Waals surface area contributed by atoms with Crippen LogP contribution in [0.2, 0.25) is 0 Å². The molecular weight excluding hydrogens is 334 g/mol. The van der Waals surface area contributed by atoms with Gasteiger partial charge in [0.15, 0.2) is 12.4 Å². The van der Waals surface area contributed by atoms with Crippen molar-refractivity contribution < 1.29 is 14.5 Å². The second-order valence-electron chi connectivity index (χ2n) is 5.41. The summed E-state index contributed by atoms with van der Waals surface area (Å²) in [5, 5.41) is 17.0. The molecule has 0 aliphatic rings. The summed E-state index contributed by atoms with van der Waals surface area (Å²) >= 11 is 0. The number of para-hydroxylation sites is 2. The van der Waals surface area contributed by atoms with E-state index in [9.17, 15) is 14.9 Å². The Morgan fingerprint density at radius 3 is 2.62 bits per heavy atom. The van der Waals surface area contributed by atoms with Gasteiger partial charge >= 0.3 is 5.69 Å². The van der Waals surface area contributed by atoms with E-state index in [0.29, 0.717) is 0 Å². The molecule has 0 saturated carbocycles. The van der Waals surface area contributed by atoms with Crippen molar-refractivity contribution in [1.82, 2.24) is 5.43 Å². The fourth-order valence-corrected chi connectivity index (χ4v) is 2.37. The monoisotopic (exact) mass is 349 g/mol. The Morgan fingerprint density at radius 1 is 1.08 bits per heavy atom. The van der Waals surface area contributed by atoms with E-state index in [1.807, 2.05) is 42.5 Å². The van der Waals surface area contributed by atoms with E-state index in [1.165, 1.54) is 24.4 Å². The molecule has 1 N–H and O–H groups in total. The highest BCUT2D eigenvalue weighted by atomic mass is 16.6. The Kier molecular flexibility index (Phi) is 5.19. The maximum Gasteiger partial charge on any atom is 0.310 e. The lowest BCUT2D eigenvalue weighted by atomic mass is 10.1. The smallest absolute Gasteiger partial charge is 0.310 e. The second kappa shape index (κ2) is 7.89. The largest absolute Gasteiger partial charge is 0.477 e. The first-order chi connectivity index (χ1) is 12.6. The Bertz CT molecular complexity index is 985. The first-order valence-corrected chi connectivity index (χ1v) is 7.80. The van der Waals surface area contributed by atoms with Crippen LogP contribution in [0, 0.1) is 10.1 Å². The van der Waals surface area contributed by atoms with E-state index in [0.717, 1.165) is 16.3 Å². The van der Waals surface area contributed by atoms with Crippen LogP contribution in [0.4, 0.5) is 5.69 Å². The molecule has 0 unspecified atom stereocenters. The minimum Gasteiger partial charge on any atom is -0.477 e. The van der Waals surface area contributed by atoms with Gasteiger partial charge in [-0.15, -0.1) is 0 Å². The SMILES string of the molecule is O=C(COc1ccccc1[N+](=O)[O-])N/N=C\c1ccc2ccccc2c1. The van der Waals surface area contributed by atoms with Gasteiger partial charge in [0.25, 0.3) is 5.91 Å². The molecule has 26 heavy (non-hydrogen) atoms. The molecule has 0 spiro atoms. The third-order valence-corrected chi connectivity index (χ3v) is 3.60. The molecule has 3 rings (SSSR count). The molecule has 7 nitrogen and oxygen atoms in total. The molecule has 3 aromatic carbocycles. The highest BCUT2D eigenvalue weighted by molar-refractivity contribution is 5.90. The van der Waals surface area contributed by atoms with Crippen LogP contribution in [0.25, 0.3) is 10.8 Å². The predicted octanol–water partition coefficient (Wildman–Crippen LogP) is 3.28. The predicted molar refractivity (Wildman–Crippen MR) is 98.3 cm³/mol. The van der Waals surface area contributed by atoms with Crippen molar-refractivity contribution >= 4 is 28.6 Å². The minimum absolute atomic E-state index is 0.0335. The van der Waals surface area contributed by atoms with Crippen molar-refractivity contribution in [3.63, 3.8) is 0 Å². The van der Waals surface area contributed by atoms with Crippen LogP contribution >= 0.6 is 0 Å². The van der Waals surface area contributed by atoms with Gasteiger partial charge in [-0.3, -0.25) is 14.9 Å². The van der Waals surface area contributed by atoms with Gasteiger partial charge in [-0.1, -0.05) is 48.5 Å². The molecular formula is C19H15N3O4. The molecule has 0 radical (unpaired) electrons.